The van der Waals surface area contributed by atoms with Gasteiger partial charge in [-0.1, -0.05) is 6.07 Å². The number of aromatic nitrogens is 2. The van der Waals surface area contributed by atoms with Gasteiger partial charge < -0.3 is 10.4 Å². The Bertz CT molecular complexity index is 264. The lowest BCUT2D eigenvalue weighted by molar-refractivity contribution is 1.27. The van der Waals surface area contributed by atoms with Crippen molar-refractivity contribution in [2.75, 3.05) is 5.43 Å². The van der Waals surface area contributed by atoms with Crippen LogP contribution in [0.5, 0.6) is 0 Å². The van der Waals surface area contributed by atoms with Crippen LogP contribution >= 0.6 is 0 Å². The number of nitrogens with zero attached hydrogens (tertiary/aromatic N) is 1. The number of anilines is 1. The Kier molecular flexibility index (Phi) is 4.13. The van der Waals surface area contributed by atoms with Gasteiger partial charge in [0.25, 0.3) is 0 Å². The van der Waals surface area contributed by atoms with Crippen molar-refractivity contribution < 1.29 is 0 Å². The monoisotopic (exact) mass is 176 g/mol. The van der Waals surface area contributed by atoms with Gasteiger partial charge in [0.2, 0.25) is 0 Å². The normalized spacial score (nSPS) is 8.38. The third-order valence-electron chi connectivity index (χ3n) is 1.32. The van der Waals surface area contributed by atoms with E-state index in [2.05, 4.69) is 15.4 Å². The number of hydrogen-bond donors (Lipinski definition) is 3. The first kappa shape index (κ1) is 9.28. The Morgan fingerprint density at radius 1 is 1.15 bits per heavy atom. The van der Waals surface area contributed by atoms with Crippen molar-refractivity contribution in [2.24, 2.45) is 5.84 Å². The summed E-state index contributed by atoms with van der Waals surface area (Å²) in [4.78, 5) is 6.64. The van der Waals surface area contributed by atoms with Crippen LogP contribution in [0.1, 0.15) is 0 Å². The minimum Gasteiger partial charge on any atom is -0.347 e. The average Bonchev–Trinajstić information content (AvgIpc) is 2.74. The molecule has 0 amide bonds. The first-order valence-corrected chi connectivity index (χ1v) is 3.88. The fourth-order valence-corrected chi connectivity index (χ4v) is 0.733. The van der Waals surface area contributed by atoms with Crippen LogP contribution < -0.4 is 11.3 Å². The molecule has 2 heterocycles. The molecule has 0 atom stereocenters. The molecule has 0 saturated heterocycles. The van der Waals surface area contributed by atoms with E-state index in [0.29, 0.717) is 0 Å². The maximum Gasteiger partial charge on any atom is 0.117 e. The second kappa shape index (κ2) is 5.79. The van der Waals surface area contributed by atoms with Crippen molar-refractivity contribution in [1.29, 1.82) is 0 Å². The van der Waals surface area contributed by atoms with E-state index in [-0.39, 0.29) is 0 Å². The Balaban J connectivity index is 0.000000132. The summed E-state index contributed by atoms with van der Waals surface area (Å²) < 4.78 is 0. The molecule has 4 N–H and O–H groups in total. The summed E-state index contributed by atoms with van der Waals surface area (Å²) in [6, 6.07) is 9.43. The van der Waals surface area contributed by atoms with E-state index in [1.807, 2.05) is 30.3 Å². The predicted octanol–water partition coefficient (Wildman–Crippen LogP) is 1.38. The zero-order valence-electron chi connectivity index (χ0n) is 7.14. The Labute approximate surface area is 76.8 Å². The summed E-state index contributed by atoms with van der Waals surface area (Å²) >= 11 is 0. The number of aromatic amines is 1. The summed E-state index contributed by atoms with van der Waals surface area (Å²) in [6.45, 7) is 0. The molecule has 68 valence electrons. The minimum atomic E-state index is 0.833. The Hall–Kier alpha value is -1.81. The van der Waals surface area contributed by atoms with Gasteiger partial charge in [-0.25, -0.2) is 5.84 Å². The molecule has 0 unspecified atom stereocenters. The van der Waals surface area contributed by atoms with Gasteiger partial charge in [0, 0.05) is 18.6 Å². The molecule has 2 aromatic rings. The molecular weight excluding hydrogens is 164 g/mol. The fourth-order valence-electron chi connectivity index (χ4n) is 0.733. The van der Waals surface area contributed by atoms with Gasteiger partial charge in [-0.05, 0) is 24.3 Å². The van der Waals surface area contributed by atoms with Crippen LogP contribution in [0, 0.1) is 0 Å². The van der Waals surface area contributed by atoms with Gasteiger partial charge in [0.05, 0.1) is 0 Å². The Morgan fingerprint density at radius 3 is 2.15 bits per heavy atom. The number of nitrogen functional groups attached to an aromatic ring is 1. The van der Waals surface area contributed by atoms with Crippen LogP contribution in [0.25, 0.3) is 0 Å². The predicted molar refractivity (Wildman–Crippen MR) is 52.8 cm³/mol. The molecule has 2 rings (SSSR count). The van der Waals surface area contributed by atoms with E-state index in [0.717, 1.165) is 5.82 Å². The highest BCUT2D eigenvalue weighted by Crippen LogP contribution is 1.95. The quantitative estimate of drug-likeness (QED) is 0.454. The summed E-state index contributed by atoms with van der Waals surface area (Å²) in [7, 11) is 0. The highest BCUT2D eigenvalue weighted by atomic mass is 15.2. The number of hydrogen-bond acceptors (Lipinski definition) is 3. The Morgan fingerprint density at radius 2 is 1.92 bits per heavy atom. The van der Waals surface area contributed by atoms with Crippen molar-refractivity contribution >= 4 is 5.82 Å². The van der Waals surface area contributed by atoms with E-state index in [1.54, 1.807) is 18.6 Å². The molecule has 4 nitrogen and oxygen atoms in total. The number of H-pyrrole nitrogens is 1. The molecule has 0 bridgehead atoms. The minimum absolute atomic E-state index is 0.833. The number of pyridine rings is 1. The summed E-state index contributed by atoms with van der Waals surface area (Å²) in [6.07, 6.45) is 5.30. The van der Waals surface area contributed by atoms with Gasteiger partial charge >= 0.3 is 0 Å². The van der Waals surface area contributed by atoms with Crippen molar-refractivity contribution in [1.82, 2.24) is 9.97 Å². The van der Waals surface area contributed by atoms with Crippen LogP contribution in [0.15, 0.2) is 48.9 Å². The molecular formula is C9H12N4. The SMILES string of the molecule is NNc1ccc[nH]1.c1ccncc1. The molecule has 0 aliphatic rings. The van der Waals surface area contributed by atoms with E-state index < -0.39 is 0 Å². The van der Waals surface area contributed by atoms with Crippen LogP contribution in [0.2, 0.25) is 0 Å². The van der Waals surface area contributed by atoms with Gasteiger partial charge in [-0.3, -0.25) is 4.98 Å². The first-order valence-electron chi connectivity index (χ1n) is 3.88. The maximum absolute atomic E-state index is 5.01. The highest BCUT2D eigenvalue weighted by Gasteiger charge is 1.79. The molecule has 0 radical (unpaired) electrons. The molecule has 0 fully saturated rings. The van der Waals surface area contributed by atoms with Crippen molar-refractivity contribution in [3.05, 3.63) is 48.9 Å². The van der Waals surface area contributed by atoms with Gasteiger partial charge in [0.15, 0.2) is 0 Å². The maximum atomic E-state index is 5.01. The van der Waals surface area contributed by atoms with Gasteiger partial charge in [-0.15, -0.1) is 0 Å². The molecule has 0 aliphatic carbocycles. The molecule has 0 aliphatic heterocycles. The van der Waals surface area contributed by atoms with E-state index in [9.17, 15) is 0 Å². The standard InChI is InChI=1S/C5H5N.C4H7N3/c1-2-4-6-5-3-1;5-7-4-2-1-3-6-4/h1-5H;1-3,6-7H,5H2. The topological polar surface area (TPSA) is 66.7 Å². The summed E-state index contributed by atoms with van der Waals surface area (Å²) in [5.74, 6) is 5.85. The number of hydrazine groups is 1. The second-order valence-corrected chi connectivity index (χ2v) is 2.25. The van der Waals surface area contributed by atoms with Crippen LogP contribution in [0.3, 0.4) is 0 Å². The first-order chi connectivity index (χ1) is 6.43. The van der Waals surface area contributed by atoms with Gasteiger partial charge in [0.1, 0.15) is 5.82 Å². The number of nitrogens with one attached hydrogen (secondary N) is 2. The number of rotatable bonds is 1. The van der Waals surface area contributed by atoms with Crippen LogP contribution in [-0.4, -0.2) is 9.97 Å². The molecule has 2 aromatic heterocycles. The molecule has 0 aromatic carbocycles. The lowest BCUT2D eigenvalue weighted by Gasteiger charge is -1.87. The largest absolute Gasteiger partial charge is 0.347 e. The second-order valence-electron chi connectivity index (χ2n) is 2.25. The summed E-state index contributed by atoms with van der Waals surface area (Å²) in [5.41, 5.74) is 2.45. The zero-order chi connectivity index (χ0) is 9.36. The third-order valence-corrected chi connectivity index (χ3v) is 1.32. The molecule has 4 heteroatoms. The van der Waals surface area contributed by atoms with Gasteiger partial charge in [-0.2, -0.15) is 0 Å². The average molecular weight is 176 g/mol. The van der Waals surface area contributed by atoms with Crippen molar-refractivity contribution in [2.45, 2.75) is 0 Å². The van der Waals surface area contributed by atoms with Crippen LogP contribution in [-0.2, 0) is 0 Å². The van der Waals surface area contributed by atoms with E-state index in [4.69, 9.17) is 5.84 Å². The third kappa shape index (κ3) is 3.93. The smallest absolute Gasteiger partial charge is 0.117 e. The van der Waals surface area contributed by atoms with Crippen molar-refractivity contribution in [3.8, 4) is 0 Å². The van der Waals surface area contributed by atoms with E-state index in [1.165, 1.54) is 0 Å². The zero-order valence-corrected chi connectivity index (χ0v) is 7.14. The lowest BCUT2D eigenvalue weighted by Crippen LogP contribution is -2.06. The molecule has 13 heavy (non-hydrogen) atoms. The fraction of sp³-hybridized carbons (Fsp3) is 0. The summed E-state index contributed by atoms with van der Waals surface area (Å²) in [5, 5.41) is 0. The van der Waals surface area contributed by atoms with Crippen LogP contribution in [0.4, 0.5) is 5.82 Å². The van der Waals surface area contributed by atoms with Crippen molar-refractivity contribution in [3.63, 3.8) is 0 Å². The molecule has 0 saturated carbocycles. The van der Waals surface area contributed by atoms with E-state index >= 15 is 0 Å². The lowest BCUT2D eigenvalue weighted by atomic mass is 10.5. The highest BCUT2D eigenvalue weighted by molar-refractivity contribution is 5.31. The number of nitrogens with two attached hydrogens (primary N) is 1. The molecule has 0 spiro atoms.